The molecule has 1 aromatic carbocycles. The molecule has 3 nitrogen and oxygen atoms in total. The summed E-state index contributed by atoms with van der Waals surface area (Å²) in [4.78, 5) is 11.8. The Morgan fingerprint density at radius 2 is 1.90 bits per heavy atom. The van der Waals surface area contributed by atoms with Crippen LogP contribution in [0.1, 0.15) is 44.9 Å². The monoisotopic (exact) mass is 275 g/mol. The maximum atomic E-state index is 11.8. The van der Waals surface area contributed by atoms with Gasteiger partial charge in [-0.2, -0.15) is 0 Å². The molecule has 20 heavy (non-hydrogen) atoms. The minimum absolute atomic E-state index is 0.0329. The number of hydrogen-bond donors (Lipinski definition) is 2. The van der Waals surface area contributed by atoms with E-state index in [-0.39, 0.29) is 24.0 Å². The van der Waals surface area contributed by atoms with Crippen molar-refractivity contribution in [1.82, 2.24) is 5.32 Å². The molecule has 1 rings (SSSR count). The molecule has 1 aromatic rings. The standard InChI is InChI=1S/C17H25NO2/c1-5-13-6-8-14(9-7-13)15(12-19)18-16(20)10-11-17(2,3)4/h6-11,15,19H,5,12H2,1-4H3,(H,18,20)/b11-10+. The van der Waals surface area contributed by atoms with E-state index in [1.807, 2.05) is 51.1 Å². The van der Waals surface area contributed by atoms with Crippen molar-refractivity contribution in [2.45, 2.75) is 40.2 Å². The summed E-state index contributed by atoms with van der Waals surface area (Å²) in [6.07, 6.45) is 4.37. The zero-order valence-electron chi connectivity index (χ0n) is 12.8. The predicted octanol–water partition coefficient (Wildman–Crippen LogP) is 3.00. The van der Waals surface area contributed by atoms with Gasteiger partial charge in [-0.05, 0) is 29.0 Å². The molecule has 110 valence electrons. The molecular formula is C17H25NO2. The van der Waals surface area contributed by atoms with E-state index < -0.39 is 0 Å². The van der Waals surface area contributed by atoms with Crippen LogP contribution in [0.5, 0.6) is 0 Å². The molecule has 3 heteroatoms. The molecule has 1 amide bonds. The van der Waals surface area contributed by atoms with Gasteiger partial charge in [-0.1, -0.05) is 58.0 Å². The number of rotatable bonds is 5. The van der Waals surface area contributed by atoms with Gasteiger partial charge in [0.15, 0.2) is 0 Å². The Morgan fingerprint density at radius 3 is 2.35 bits per heavy atom. The van der Waals surface area contributed by atoms with E-state index in [0.717, 1.165) is 12.0 Å². The Kier molecular flexibility index (Phi) is 5.96. The van der Waals surface area contributed by atoms with Crippen molar-refractivity contribution in [3.63, 3.8) is 0 Å². The summed E-state index contributed by atoms with van der Waals surface area (Å²) in [6, 6.07) is 7.59. The number of aliphatic hydroxyl groups is 1. The molecule has 0 saturated carbocycles. The van der Waals surface area contributed by atoms with E-state index in [0.29, 0.717) is 0 Å². The van der Waals surface area contributed by atoms with Crippen LogP contribution < -0.4 is 5.32 Å². The van der Waals surface area contributed by atoms with Crippen molar-refractivity contribution < 1.29 is 9.90 Å². The first kappa shape index (κ1) is 16.4. The van der Waals surface area contributed by atoms with Crippen molar-refractivity contribution in [1.29, 1.82) is 0 Å². The lowest BCUT2D eigenvalue weighted by molar-refractivity contribution is -0.117. The summed E-state index contributed by atoms with van der Waals surface area (Å²) < 4.78 is 0. The van der Waals surface area contributed by atoms with Gasteiger partial charge in [-0.25, -0.2) is 0 Å². The fraction of sp³-hybridized carbons (Fsp3) is 0.471. The molecule has 0 aliphatic rings. The second-order valence-corrected chi connectivity index (χ2v) is 6.04. The summed E-state index contributed by atoms with van der Waals surface area (Å²) in [5, 5.41) is 12.3. The lowest BCUT2D eigenvalue weighted by Crippen LogP contribution is -2.29. The summed E-state index contributed by atoms with van der Waals surface area (Å²) in [7, 11) is 0. The molecule has 0 aromatic heterocycles. The lowest BCUT2D eigenvalue weighted by Gasteiger charge is -2.17. The number of nitrogens with one attached hydrogen (secondary N) is 1. The molecular weight excluding hydrogens is 250 g/mol. The van der Waals surface area contributed by atoms with Gasteiger partial charge in [0.1, 0.15) is 0 Å². The summed E-state index contributed by atoms with van der Waals surface area (Å²) in [5.74, 6) is -0.182. The number of allylic oxidation sites excluding steroid dienone is 1. The van der Waals surface area contributed by atoms with Gasteiger partial charge in [-0.3, -0.25) is 4.79 Å². The topological polar surface area (TPSA) is 49.3 Å². The van der Waals surface area contributed by atoms with Gasteiger partial charge in [0.25, 0.3) is 0 Å². The zero-order valence-corrected chi connectivity index (χ0v) is 12.8. The highest BCUT2D eigenvalue weighted by molar-refractivity contribution is 5.87. The van der Waals surface area contributed by atoms with Crippen LogP contribution in [0, 0.1) is 5.41 Å². The fourth-order valence-electron chi connectivity index (χ4n) is 1.77. The first-order valence-electron chi connectivity index (χ1n) is 7.05. The molecule has 1 unspecified atom stereocenters. The first-order chi connectivity index (χ1) is 9.35. The van der Waals surface area contributed by atoms with Gasteiger partial charge in [0, 0.05) is 0 Å². The number of carbonyl (C=O) groups is 1. The number of aliphatic hydroxyl groups excluding tert-OH is 1. The largest absolute Gasteiger partial charge is 0.394 e. The minimum atomic E-state index is -0.363. The number of aryl methyl sites for hydroxylation is 1. The smallest absolute Gasteiger partial charge is 0.244 e. The average molecular weight is 275 g/mol. The van der Waals surface area contributed by atoms with Gasteiger partial charge < -0.3 is 10.4 Å². The summed E-state index contributed by atoms with van der Waals surface area (Å²) in [6.45, 7) is 8.08. The first-order valence-corrected chi connectivity index (χ1v) is 7.05. The molecule has 0 heterocycles. The van der Waals surface area contributed by atoms with E-state index in [1.165, 1.54) is 11.6 Å². The van der Waals surface area contributed by atoms with Crippen LogP contribution in [-0.2, 0) is 11.2 Å². The Bertz CT molecular complexity index is 455. The number of amides is 1. The number of carbonyl (C=O) groups excluding carboxylic acids is 1. The molecule has 0 fully saturated rings. The molecule has 0 aliphatic carbocycles. The highest BCUT2D eigenvalue weighted by Crippen LogP contribution is 2.16. The van der Waals surface area contributed by atoms with Crippen LogP contribution in [0.2, 0.25) is 0 Å². The number of benzene rings is 1. The Labute approximate surface area is 121 Å². The molecule has 0 aliphatic heterocycles. The van der Waals surface area contributed by atoms with E-state index in [4.69, 9.17) is 0 Å². The van der Waals surface area contributed by atoms with Gasteiger partial charge in [0.05, 0.1) is 12.6 Å². The summed E-state index contributed by atoms with van der Waals surface area (Å²) in [5.41, 5.74) is 2.13. The highest BCUT2D eigenvalue weighted by Gasteiger charge is 2.13. The predicted molar refractivity (Wildman–Crippen MR) is 82.4 cm³/mol. The molecule has 2 N–H and O–H groups in total. The lowest BCUT2D eigenvalue weighted by atomic mass is 9.96. The van der Waals surface area contributed by atoms with E-state index in [9.17, 15) is 9.90 Å². The van der Waals surface area contributed by atoms with E-state index >= 15 is 0 Å². The van der Waals surface area contributed by atoms with E-state index in [2.05, 4.69) is 12.2 Å². The molecule has 1 atom stereocenters. The van der Waals surface area contributed by atoms with E-state index in [1.54, 1.807) is 0 Å². The normalized spacial score (nSPS) is 13.4. The fourth-order valence-corrected chi connectivity index (χ4v) is 1.77. The van der Waals surface area contributed by atoms with Gasteiger partial charge in [0.2, 0.25) is 5.91 Å². The second-order valence-electron chi connectivity index (χ2n) is 6.04. The Hall–Kier alpha value is -1.61. The van der Waals surface area contributed by atoms with Crippen LogP contribution in [-0.4, -0.2) is 17.6 Å². The van der Waals surface area contributed by atoms with Crippen molar-refractivity contribution in [3.05, 3.63) is 47.5 Å². The number of hydrogen-bond acceptors (Lipinski definition) is 2. The van der Waals surface area contributed by atoms with Crippen LogP contribution >= 0.6 is 0 Å². The van der Waals surface area contributed by atoms with Crippen molar-refractivity contribution in [2.75, 3.05) is 6.61 Å². The Morgan fingerprint density at radius 1 is 1.30 bits per heavy atom. The highest BCUT2D eigenvalue weighted by atomic mass is 16.3. The third-order valence-electron chi connectivity index (χ3n) is 3.02. The van der Waals surface area contributed by atoms with Crippen molar-refractivity contribution in [2.24, 2.45) is 5.41 Å². The molecule has 0 radical (unpaired) electrons. The second kappa shape index (κ2) is 7.25. The van der Waals surface area contributed by atoms with Crippen LogP contribution in [0.25, 0.3) is 0 Å². The average Bonchev–Trinajstić information content (AvgIpc) is 2.42. The van der Waals surface area contributed by atoms with Gasteiger partial charge in [-0.15, -0.1) is 0 Å². The molecule has 0 spiro atoms. The minimum Gasteiger partial charge on any atom is -0.394 e. The molecule has 0 saturated heterocycles. The summed E-state index contributed by atoms with van der Waals surface area (Å²) >= 11 is 0. The maximum Gasteiger partial charge on any atom is 0.244 e. The van der Waals surface area contributed by atoms with Crippen LogP contribution in [0.4, 0.5) is 0 Å². The Balaban J connectivity index is 2.71. The maximum absolute atomic E-state index is 11.8. The van der Waals surface area contributed by atoms with Gasteiger partial charge >= 0.3 is 0 Å². The van der Waals surface area contributed by atoms with Crippen molar-refractivity contribution in [3.8, 4) is 0 Å². The zero-order chi connectivity index (χ0) is 15.2. The third-order valence-corrected chi connectivity index (χ3v) is 3.02. The SMILES string of the molecule is CCc1ccc(C(CO)NC(=O)/C=C/C(C)(C)C)cc1. The van der Waals surface area contributed by atoms with Crippen LogP contribution in [0.3, 0.4) is 0 Å². The quantitative estimate of drug-likeness (QED) is 0.812. The molecule has 0 bridgehead atoms. The van der Waals surface area contributed by atoms with Crippen LogP contribution in [0.15, 0.2) is 36.4 Å². The third kappa shape index (κ3) is 5.57. The van der Waals surface area contributed by atoms with Crippen molar-refractivity contribution >= 4 is 5.91 Å².